The molecule has 4 aromatic rings. The highest BCUT2D eigenvalue weighted by molar-refractivity contribution is 5.76. The third kappa shape index (κ3) is 4.51. The predicted octanol–water partition coefficient (Wildman–Crippen LogP) is 1.55. The van der Waals surface area contributed by atoms with Crippen LogP contribution in [-0.2, 0) is 22.6 Å². The number of rotatable bonds is 6. The lowest BCUT2D eigenvalue weighted by atomic mass is 10.1. The van der Waals surface area contributed by atoms with E-state index < -0.39 is 0 Å². The van der Waals surface area contributed by atoms with Gasteiger partial charge in [-0.1, -0.05) is 18.2 Å². The number of amides is 1. The highest BCUT2D eigenvalue weighted by Crippen LogP contribution is 2.18. The zero-order valence-corrected chi connectivity index (χ0v) is 17.8. The molecule has 4 heterocycles. The number of aromatic nitrogens is 6. The van der Waals surface area contributed by atoms with Gasteiger partial charge in [-0.2, -0.15) is 20.4 Å². The summed E-state index contributed by atoms with van der Waals surface area (Å²) in [6.07, 6.45) is 6.76. The fourth-order valence-corrected chi connectivity index (χ4v) is 3.67. The average Bonchev–Trinajstić information content (AvgIpc) is 3.46. The molecule has 1 saturated heterocycles. The topological polar surface area (TPSA) is 127 Å². The molecule has 0 bridgehead atoms. The molecule has 0 atom stereocenters. The highest BCUT2D eigenvalue weighted by atomic mass is 16.5. The van der Waals surface area contributed by atoms with Crippen molar-refractivity contribution < 1.29 is 9.53 Å². The third-order valence-electron chi connectivity index (χ3n) is 5.38. The van der Waals surface area contributed by atoms with Crippen molar-refractivity contribution in [2.45, 2.75) is 13.1 Å². The van der Waals surface area contributed by atoms with Crippen molar-refractivity contribution in [3.05, 3.63) is 60.2 Å². The molecule has 11 nitrogen and oxygen atoms in total. The zero-order chi connectivity index (χ0) is 22.6. The van der Waals surface area contributed by atoms with E-state index in [1.54, 1.807) is 45.1 Å². The molecule has 0 spiro atoms. The largest absolute Gasteiger partial charge is 0.378 e. The number of nitrogens with one attached hydrogen (secondary N) is 1. The molecule has 3 aromatic heterocycles. The van der Waals surface area contributed by atoms with Crippen LogP contribution in [0.25, 0.3) is 11.0 Å². The lowest BCUT2D eigenvalue weighted by molar-refractivity contribution is -0.136. The molecule has 1 N–H and O–H groups in total. The molecular weight excluding hydrogens is 422 g/mol. The molecule has 0 unspecified atom stereocenters. The van der Waals surface area contributed by atoms with E-state index in [-0.39, 0.29) is 12.5 Å². The van der Waals surface area contributed by atoms with E-state index in [2.05, 4.69) is 31.6 Å². The van der Waals surface area contributed by atoms with Gasteiger partial charge in [0.25, 0.3) is 0 Å². The zero-order valence-electron chi connectivity index (χ0n) is 17.8. The van der Waals surface area contributed by atoms with Gasteiger partial charge in [-0.25, -0.2) is 9.67 Å². The van der Waals surface area contributed by atoms with Crippen LogP contribution in [0.15, 0.2) is 49.1 Å². The van der Waals surface area contributed by atoms with Crippen molar-refractivity contribution >= 4 is 28.6 Å². The van der Waals surface area contributed by atoms with Gasteiger partial charge in [-0.05, 0) is 11.6 Å². The number of hydrogen-bond donors (Lipinski definition) is 1. The minimum atomic E-state index is 0.00664. The SMILES string of the molecule is N#Cc1ccccc1Cn1ncc2cnc(Nc3cnn(CC(=O)N4CCOCC4)c3)nc21. The van der Waals surface area contributed by atoms with Gasteiger partial charge in [0, 0.05) is 25.5 Å². The van der Waals surface area contributed by atoms with Gasteiger partial charge in [-0.3, -0.25) is 9.48 Å². The van der Waals surface area contributed by atoms with Gasteiger partial charge in [0.2, 0.25) is 11.9 Å². The number of carbonyl (C=O) groups excluding carboxylic acids is 1. The second-order valence-electron chi connectivity index (χ2n) is 7.59. The number of benzene rings is 1. The lowest BCUT2D eigenvalue weighted by Crippen LogP contribution is -2.42. The van der Waals surface area contributed by atoms with Crippen LogP contribution in [-0.4, -0.2) is 66.6 Å². The van der Waals surface area contributed by atoms with Gasteiger partial charge >= 0.3 is 0 Å². The Labute approximate surface area is 189 Å². The van der Waals surface area contributed by atoms with E-state index in [1.165, 1.54) is 0 Å². The Bertz CT molecular complexity index is 1330. The first kappa shape index (κ1) is 20.6. The summed E-state index contributed by atoms with van der Waals surface area (Å²) in [5, 5.41) is 21.9. The van der Waals surface area contributed by atoms with Crippen molar-refractivity contribution in [3.8, 4) is 6.07 Å². The van der Waals surface area contributed by atoms with Crippen LogP contribution < -0.4 is 5.32 Å². The van der Waals surface area contributed by atoms with Crippen molar-refractivity contribution in [2.24, 2.45) is 0 Å². The molecule has 1 aliphatic rings. The fourth-order valence-electron chi connectivity index (χ4n) is 3.67. The van der Waals surface area contributed by atoms with Gasteiger partial charge < -0.3 is 15.0 Å². The van der Waals surface area contributed by atoms with Gasteiger partial charge in [-0.15, -0.1) is 0 Å². The van der Waals surface area contributed by atoms with E-state index >= 15 is 0 Å². The summed E-state index contributed by atoms with van der Waals surface area (Å²) >= 11 is 0. The summed E-state index contributed by atoms with van der Waals surface area (Å²) in [5.41, 5.74) is 2.79. The van der Waals surface area contributed by atoms with Crippen LogP contribution in [0, 0.1) is 11.3 Å². The molecule has 0 aliphatic carbocycles. The lowest BCUT2D eigenvalue weighted by Gasteiger charge is -2.26. The number of morpholine rings is 1. The summed E-state index contributed by atoms with van der Waals surface area (Å²) in [4.78, 5) is 23.1. The second-order valence-corrected chi connectivity index (χ2v) is 7.59. The number of nitriles is 1. The molecule has 0 radical (unpaired) electrons. The number of nitrogens with zero attached hydrogens (tertiary/aromatic N) is 8. The van der Waals surface area contributed by atoms with E-state index in [1.807, 2.05) is 18.2 Å². The van der Waals surface area contributed by atoms with Crippen LogP contribution in [0.3, 0.4) is 0 Å². The number of carbonyl (C=O) groups is 1. The first-order chi connectivity index (χ1) is 16.2. The minimum absolute atomic E-state index is 0.00664. The maximum absolute atomic E-state index is 12.4. The maximum atomic E-state index is 12.4. The molecule has 1 aliphatic heterocycles. The average molecular weight is 443 g/mol. The maximum Gasteiger partial charge on any atom is 0.244 e. The van der Waals surface area contributed by atoms with E-state index in [0.29, 0.717) is 55.7 Å². The Kier molecular flexibility index (Phi) is 5.65. The van der Waals surface area contributed by atoms with Crippen LogP contribution in [0.4, 0.5) is 11.6 Å². The molecule has 1 amide bonds. The third-order valence-corrected chi connectivity index (χ3v) is 5.38. The Hall–Kier alpha value is -4.30. The van der Waals surface area contributed by atoms with Gasteiger partial charge in [0.05, 0.1) is 54.9 Å². The summed E-state index contributed by atoms with van der Waals surface area (Å²) in [7, 11) is 0. The minimum Gasteiger partial charge on any atom is -0.378 e. The van der Waals surface area contributed by atoms with Crippen LogP contribution >= 0.6 is 0 Å². The molecule has 166 valence electrons. The Morgan fingerprint density at radius 3 is 2.85 bits per heavy atom. The number of ether oxygens (including phenoxy) is 1. The first-order valence-corrected chi connectivity index (χ1v) is 10.5. The van der Waals surface area contributed by atoms with Crippen molar-refractivity contribution in [1.29, 1.82) is 5.26 Å². The number of hydrogen-bond acceptors (Lipinski definition) is 8. The number of fused-ring (bicyclic) bond motifs is 1. The van der Waals surface area contributed by atoms with E-state index in [0.717, 1.165) is 10.9 Å². The predicted molar refractivity (Wildman–Crippen MR) is 118 cm³/mol. The Morgan fingerprint density at radius 2 is 2.00 bits per heavy atom. The van der Waals surface area contributed by atoms with Crippen LogP contribution in [0.2, 0.25) is 0 Å². The second kappa shape index (κ2) is 9.05. The molecule has 33 heavy (non-hydrogen) atoms. The van der Waals surface area contributed by atoms with E-state index in [9.17, 15) is 10.1 Å². The summed E-state index contributed by atoms with van der Waals surface area (Å²) in [6, 6.07) is 9.62. The van der Waals surface area contributed by atoms with Crippen LogP contribution in [0.5, 0.6) is 0 Å². The van der Waals surface area contributed by atoms with E-state index in [4.69, 9.17) is 4.74 Å². The molecular formula is C22H21N9O2. The summed E-state index contributed by atoms with van der Waals surface area (Å²) in [5.74, 6) is 0.393. The quantitative estimate of drug-likeness (QED) is 0.476. The van der Waals surface area contributed by atoms with Crippen LogP contribution in [0.1, 0.15) is 11.1 Å². The Balaban J connectivity index is 1.30. The highest BCUT2D eigenvalue weighted by Gasteiger charge is 2.17. The first-order valence-electron chi connectivity index (χ1n) is 10.5. The Morgan fingerprint density at radius 1 is 1.15 bits per heavy atom. The molecule has 0 saturated carbocycles. The monoisotopic (exact) mass is 443 g/mol. The molecule has 11 heteroatoms. The van der Waals surface area contributed by atoms with Crippen molar-refractivity contribution in [3.63, 3.8) is 0 Å². The van der Waals surface area contributed by atoms with Crippen molar-refractivity contribution in [1.82, 2.24) is 34.4 Å². The summed E-state index contributed by atoms with van der Waals surface area (Å²) < 4.78 is 8.61. The molecule has 1 aromatic carbocycles. The molecule has 5 rings (SSSR count). The van der Waals surface area contributed by atoms with Crippen molar-refractivity contribution in [2.75, 3.05) is 31.6 Å². The standard InChI is InChI=1S/C22H21N9O2/c23-9-16-3-1-2-4-17(16)13-31-21-18(11-26-31)10-24-22(28-21)27-19-12-25-30(14-19)15-20(32)29-5-7-33-8-6-29/h1-4,10-12,14H,5-8,13,15H2,(H,24,27,28). The number of anilines is 2. The summed E-state index contributed by atoms with van der Waals surface area (Å²) in [6.45, 7) is 2.92. The van der Waals surface area contributed by atoms with Gasteiger partial charge in [0.15, 0.2) is 5.65 Å². The van der Waals surface area contributed by atoms with Gasteiger partial charge in [0.1, 0.15) is 6.54 Å². The smallest absolute Gasteiger partial charge is 0.244 e. The molecule has 1 fully saturated rings. The normalized spacial score (nSPS) is 13.7. The fraction of sp³-hybridized carbons (Fsp3) is 0.273.